The van der Waals surface area contributed by atoms with Crippen LogP contribution in [0.2, 0.25) is 0 Å². The van der Waals surface area contributed by atoms with Crippen LogP contribution in [-0.4, -0.2) is 24.1 Å². The van der Waals surface area contributed by atoms with Gasteiger partial charge in [0.2, 0.25) is 0 Å². The summed E-state index contributed by atoms with van der Waals surface area (Å²) in [7, 11) is 0. The van der Waals surface area contributed by atoms with Gasteiger partial charge in [0.25, 0.3) is 0 Å². The van der Waals surface area contributed by atoms with Crippen LogP contribution in [0.25, 0.3) is 0 Å². The molecule has 1 fully saturated rings. The van der Waals surface area contributed by atoms with E-state index in [-0.39, 0.29) is 11.9 Å². The molecule has 4 nitrogen and oxygen atoms in total. The second-order valence-corrected chi connectivity index (χ2v) is 8.89. The van der Waals surface area contributed by atoms with E-state index in [1.807, 2.05) is 19.1 Å². The summed E-state index contributed by atoms with van der Waals surface area (Å²) in [5, 5.41) is 0. The van der Waals surface area contributed by atoms with E-state index in [4.69, 9.17) is 9.47 Å². The van der Waals surface area contributed by atoms with E-state index in [1.54, 1.807) is 13.8 Å². The average molecular weight is 417 g/mol. The van der Waals surface area contributed by atoms with Crippen molar-refractivity contribution < 1.29 is 19.1 Å². The van der Waals surface area contributed by atoms with Crippen LogP contribution in [0.5, 0.6) is 0 Å². The number of hydrogen-bond donors (Lipinski definition) is 0. The quantitative estimate of drug-likeness (QED) is 0.293. The predicted octanol–water partition coefficient (Wildman–Crippen LogP) is 6.82. The Morgan fingerprint density at radius 1 is 0.900 bits per heavy atom. The van der Waals surface area contributed by atoms with E-state index in [1.165, 1.54) is 56.9 Å². The highest BCUT2D eigenvalue weighted by atomic mass is 16.6. The molecule has 30 heavy (non-hydrogen) atoms. The zero-order valence-electron chi connectivity index (χ0n) is 19.3. The maximum Gasteiger partial charge on any atom is 0.338 e. The van der Waals surface area contributed by atoms with Gasteiger partial charge in [0, 0.05) is 6.42 Å². The van der Waals surface area contributed by atoms with Crippen LogP contribution in [0.1, 0.15) is 114 Å². The van der Waals surface area contributed by atoms with Crippen molar-refractivity contribution in [1.82, 2.24) is 0 Å². The third-order valence-corrected chi connectivity index (χ3v) is 6.41. The average Bonchev–Trinajstić information content (AvgIpc) is 2.74. The minimum absolute atomic E-state index is 0.252. The molecule has 0 heterocycles. The van der Waals surface area contributed by atoms with Crippen LogP contribution in [-0.2, 0) is 14.3 Å². The summed E-state index contributed by atoms with van der Waals surface area (Å²) in [5.41, 5.74) is 1.87. The highest BCUT2D eigenvalue weighted by Crippen LogP contribution is 2.37. The third kappa shape index (κ3) is 7.77. The van der Waals surface area contributed by atoms with Gasteiger partial charge in [-0.25, -0.2) is 4.79 Å². The highest BCUT2D eigenvalue weighted by Gasteiger charge is 2.23. The standard InChI is InChI=1S/C26H40O4/c1-5-7-8-10-21-11-13-22(14-12-21)23-15-17-24(18-16-23)26(28)30-20(4)19(3)29-25(27)9-6-2/h15-22H,5-14H2,1-4H3. The number of carbonyl (C=O) groups excluding carboxylic acids is 2. The minimum Gasteiger partial charge on any atom is -0.459 e. The van der Waals surface area contributed by atoms with Gasteiger partial charge in [-0.15, -0.1) is 0 Å². The molecule has 0 radical (unpaired) electrons. The second-order valence-electron chi connectivity index (χ2n) is 8.89. The van der Waals surface area contributed by atoms with E-state index in [0.29, 0.717) is 17.9 Å². The Balaban J connectivity index is 1.81. The van der Waals surface area contributed by atoms with E-state index >= 15 is 0 Å². The molecule has 1 saturated carbocycles. The first kappa shape index (κ1) is 24.4. The molecule has 0 amide bonds. The maximum atomic E-state index is 12.5. The van der Waals surface area contributed by atoms with E-state index in [2.05, 4.69) is 19.1 Å². The summed E-state index contributed by atoms with van der Waals surface area (Å²) in [6.45, 7) is 7.71. The lowest BCUT2D eigenvalue weighted by molar-refractivity contribution is -0.153. The Kier molecular flexibility index (Phi) is 10.4. The van der Waals surface area contributed by atoms with Gasteiger partial charge in [-0.3, -0.25) is 4.79 Å². The van der Waals surface area contributed by atoms with Gasteiger partial charge in [0.1, 0.15) is 12.2 Å². The molecule has 0 aliphatic heterocycles. The van der Waals surface area contributed by atoms with E-state index in [0.717, 1.165) is 12.3 Å². The lowest BCUT2D eigenvalue weighted by atomic mass is 9.77. The molecule has 4 heteroatoms. The zero-order valence-corrected chi connectivity index (χ0v) is 19.3. The summed E-state index contributed by atoms with van der Waals surface area (Å²) < 4.78 is 10.8. The molecular formula is C26H40O4. The van der Waals surface area contributed by atoms with Gasteiger partial charge < -0.3 is 9.47 Å². The fourth-order valence-electron chi connectivity index (χ4n) is 4.26. The Morgan fingerprint density at radius 3 is 2.13 bits per heavy atom. The van der Waals surface area contributed by atoms with Crippen molar-refractivity contribution in [1.29, 1.82) is 0 Å². The lowest BCUT2D eigenvalue weighted by Gasteiger charge is -2.29. The van der Waals surface area contributed by atoms with Crippen molar-refractivity contribution >= 4 is 11.9 Å². The molecule has 1 aliphatic carbocycles. The van der Waals surface area contributed by atoms with Crippen molar-refractivity contribution in [3.63, 3.8) is 0 Å². The molecule has 2 rings (SSSR count). The summed E-state index contributed by atoms with van der Waals surface area (Å²) in [6.07, 6.45) is 10.7. The maximum absolute atomic E-state index is 12.5. The molecule has 1 aromatic rings. The first-order valence-corrected chi connectivity index (χ1v) is 11.9. The smallest absolute Gasteiger partial charge is 0.338 e. The van der Waals surface area contributed by atoms with Crippen LogP contribution < -0.4 is 0 Å². The Morgan fingerprint density at radius 2 is 1.53 bits per heavy atom. The molecular weight excluding hydrogens is 376 g/mol. The zero-order chi connectivity index (χ0) is 21.9. The molecule has 1 aromatic carbocycles. The molecule has 168 valence electrons. The number of carbonyl (C=O) groups is 2. The van der Waals surface area contributed by atoms with Crippen molar-refractivity contribution in [2.24, 2.45) is 5.92 Å². The number of benzene rings is 1. The number of rotatable bonds is 11. The predicted molar refractivity (Wildman–Crippen MR) is 121 cm³/mol. The van der Waals surface area contributed by atoms with Gasteiger partial charge in [-0.05, 0) is 75.5 Å². The van der Waals surface area contributed by atoms with Crippen LogP contribution in [0.15, 0.2) is 24.3 Å². The van der Waals surface area contributed by atoms with Gasteiger partial charge in [0.05, 0.1) is 5.56 Å². The molecule has 0 bridgehead atoms. The fourth-order valence-corrected chi connectivity index (χ4v) is 4.26. The van der Waals surface area contributed by atoms with Crippen molar-refractivity contribution in [2.75, 3.05) is 0 Å². The van der Waals surface area contributed by atoms with E-state index in [9.17, 15) is 9.59 Å². The number of esters is 2. The lowest BCUT2D eigenvalue weighted by Crippen LogP contribution is -2.30. The molecule has 0 N–H and O–H groups in total. The Bertz CT molecular complexity index is 644. The summed E-state index contributed by atoms with van der Waals surface area (Å²) in [5.74, 6) is 0.885. The van der Waals surface area contributed by atoms with Crippen molar-refractivity contribution in [3.05, 3.63) is 35.4 Å². The summed E-state index contributed by atoms with van der Waals surface area (Å²) in [6, 6.07) is 7.89. The first-order chi connectivity index (χ1) is 14.4. The highest BCUT2D eigenvalue weighted by molar-refractivity contribution is 5.89. The van der Waals surface area contributed by atoms with Gasteiger partial charge >= 0.3 is 11.9 Å². The van der Waals surface area contributed by atoms with Gasteiger partial charge in [-0.2, -0.15) is 0 Å². The molecule has 0 saturated heterocycles. The molecule has 2 unspecified atom stereocenters. The third-order valence-electron chi connectivity index (χ3n) is 6.41. The fraction of sp³-hybridized carbons (Fsp3) is 0.692. The minimum atomic E-state index is -0.485. The Labute approximate surface area is 182 Å². The molecule has 0 spiro atoms. The number of hydrogen-bond acceptors (Lipinski definition) is 4. The van der Waals surface area contributed by atoms with Crippen LogP contribution in [0.3, 0.4) is 0 Å². The Hall–Kier alpha value is -1.84. The van der Waals surface area contributed by atoms with Crippen LogP contribution >= 0.6 is 0 Å². The summed E-state index contributed by atoms with van der Waals surface area (Å²) >= 11 is 0. The molecule has 2 atom stereocenters. The normalized spacial score (nSPS) is 20.9. The van der Waals surface area contributed by atoms with Crippen LogP contribution in [0, 0.1) is 5.92 Å². The molecule has 0 aromatic heterocycles. The monoisotopic (exact) mass is 416 g/mol. The number of unbranched alkanes of at least 4 members (excludes halogenated alkanes) is 2. The molecule has 1 aliphatic rings. The van der Waals surface area contributed by atoms with Gasteiger partial charge in [-0.1, -0.05) is 51.7 Å². The topological polar surface area (TPSA) is 52.6 Å². The summed E-state index contributed by atoms with van der Waals surface area (Å²) in [4.78, 5) is 24.1. The van der Waals surface area contributed by atoms with Crippen molar-refractivity contribution in [3.8, 4) is 0 Å². The van der Waals surface area contributed by atoms with Crippen LogP contribution in [0.4, 0.5) is 0 Å². The largest absolute Gasteiger partial charge is 0.459 e. The SMILES string of the molecule is CCCCCC1CCC(c2ccc(C(=O)OC(C)C(C)OC(=O)CCC)cc2)CC1. The number of ether oxygens (including phenoxy) is 2. The van der Waals surface area contributed by atoms with Crippen molar-refractivity contribution in [2.45, 2.75) is 110 Å². The second kappa shape index (κ2) is 12.8. The van der Waals surface area contributed by atoms with E-state index < -0.39 is 12.2 Å². The van der Waals surface area contributed by atoms with Gasteiger partial charge in [0.15, 0.2) is 0 Å². The first-order valence-electron chi connectivity index (χ1n) is 11.9.